The number of hydrogen-bond acceptors (Lipinski definition) is 6. The number of hydrogen-bond donors (Lipinski definition) is 2. The predicted molar refractivity (Wildman–Crippen MR) is 102 cm³/mol. The molecule has 0 aliphatic heterocycles. The Bertz CT molecular complexity index is 904. The van der Waals surface area contributed by atoms with Crippen molar-refractivity contribution in [2.45, 2.75) is 0 Å². The van der Waals surface area contributed by atoms with Gasteiger partial charge in [-0.3, -0.25) is 9.59 Å². The number of aromatic carboxylic acids is 1. The Morgan fingerprint density at radius 1 is 1.11 bits per heavy atom. The Labute approximate surface area is 161 Å². The lowest BCUT2D eigenvalue weighted by molar-refractivity contribution is -0.255. The van der Waals surface area contributed by atoms with E-state index in [1.807, 2.05) is 12.1 Å². The molecule has 28 heavy (non-hydrogen) atoms. The van der Waals surface area contributed by atoms with Gasteiger partial charge < -0.3 is 20.0 Å². The van der Waals surface area contributed by atoms with Crippen LogP contribution in [0.3, 0.4) is 0 Å². The fourth-order valence-corrected chi connectivity index (χ4v) is 2.12. The van der Waals surface area contributed by atoms with E-state index < -0.39 is 17.8 Å². The third kappa shape index (κ3) is 6.41. The fraction of sp³-hybridized carbons (Fsp3) is 0.100. The fourth-order valence-electron chi connectivity index (χ4n) is 2.12. The van der Waals surface area contributed by atoms with Crippen LogP contribution in [0.15, 0.2) is 59.7 Å². The Balaban J connectivity index is 1.77. The summed E-state index contributed by atoms with van der Waals surface area (Å²) in [6, 6.07) is 13.0. The van der Waals surface area contributed by atoms with E-state index in [9.17, 15) is 19.5 Å². The van der Waals surface area contributed by atoms with Crippen LogP contribution < -0.4 is 20.6 Å². The first-order chi connectivity index (χ1) is 13.5. The number of benzene rings is 2. The third-order valence-corrected chi connectivity index (χ3v) is 3.53. The topological polar surface area (TPSA) is 120 Å². The maximum atomic E-state index is 11.8. The minimum atomic E-state index is -1.27. The van der Waals surface area contributed by atoms with Gasteiger partial charge in [0.05, 0.1) is 25.8 Å². The van der Waals surface area contributed by atoms with Crippen molar-refractivity contribution in [2.24, 2.45) is 5.10 Å². The molecular weight excluding hydrogens is 362 g/mol. The number of methoxy groups -OCH3 is 1. The molecule has 0 saturated heterocycles. The molecule has 0 aromatic heterocycles. The number of para-hydroxylation sites is 1. The molecule has 8 heteroatoms. The smallest absolute Gasteiger partial charge is 0.259 e. The monoisotopic (exact) mass is 380 g/mol. The molecule has 2 rings (SSSR count). The molecule has 0 aliphatic carbocycles. The second-order valence-electron chi connectivity index (χ2n) is 5.50. The van der Waals surface area contributed by atoms with Crippen LogP contribution in [0, 0.1) is 0 Å². The summed E-state index contributed by atoms with van der Waals surface area (Å²) >= 11 is 0. The summed E-state index contributed by atoms with van der Waals surface area (Å²) in [5, 5.41) is 16.8. The second-order valence-corrected chi connectivity index (χ2v) is 5.50. The SMILES string of the molecule is COc1ccccc1/C=C/C(=O)NCC(=O)N/N=C\c1ccc(C(=O)[O-])cc1. The van der Waals surface area contributed by atoms with Gasteiger partial charge in [0.1, 0.15) is 5.75 Å². The highest BCUT2D eigenvalue weighted by atomic mass is 16.5. The molecule has 0 heterocycles. The molecule has 0 spiro atoms. The van der Waals surface area contributed by atoms with Gasteiger partial charge >= 0.3 is 0 Å². The molecule has 8 nitrogen and oxygen atoms in total. The summed E-state index contributed by atoms with van der Waals surface area (Å²) in [4.78, 5) is 34.1. The average Bonchev–Trinajstić information content (AvgIpc) is 2.71. The molecule has 0 unspecified atom stereocenters. The number of carbonyl (C=O) groups excluding carboxylic acids is 3. The number of carboxylic acid groups (broad SMARTS) is 1. The number of ether oxygens (including phenoxy) is 1. The van der Waals surface area contributed by atoms with Gasteiger partial charge in [-0.2, -0.15) is 5.10 Å². The molecule has 0 radical (unpaired) electrons. The molecular formula is C20H18N3O5-. The summed E-state index contributed by atoms with van der Waals surface area (Å²) in [7, 11) is 1.54. The molecule has 0 saturated carbocycles. The van der Waals surface area contributed by atoms with Gasteiger partial charge in [-0.1, -0.05) is 42.5 Å². The minimum absolute atomic E-state index is 0.0464. The van der Waals surface area contributed by atoms with E-state index in [2.05, 4.69) is 15.8 Å². The number of carbonyl (C=O) groups is 3. The highest BCUT2D eigenvalue weighted by Crippen LogP contribution is 2.18. The Morgan fingerprint density at radius 2 is 1.82 bits per heavy atom. The van der Waals surface area contributed by atoms with E-state index >= 15 is 0 Å². The van der Waals surface area contributed by atoms with Crippen LogP contribution in [-0.2, 0) is 9.59 Å². The first-order valence-electron chi connectivity index (χ1n) is 8.22. The molecule has 2 amide bonds. The number of carboxylic acids is 1. The highest BCUT2D eigenvalue weighted by molar-refractivity contribution is 5.94. The molecule has 0 aliphatic rings. The lowest BCUT2D eigenvalue weighted by Gasteiger charge is -2.04. The van der Waals surface area contributed by atoms with Crippen molar-refractivity contribution in [1.82, 2.24) is 10.7 Å². The summed E-state index contributed by atoms with van der Waals surface area (Å²) in [5.41, 5.74) is 3.63. The minimum Gasteiger partial charge on any atom is -0.545 e. The van der Waals surface area contributed by atoms with Crippen LogP contribution in [-0.4, -0.2) is 37.7 Å². The van der Waals surface area contributed by atoms with Gasteiger partial charge in [0.2, 0.25) is 5.91 Å². The predicted octanol–water partition coefficient (Wildman–Crippen LogP) is 0.338. The van der Waals surface area contributed by atoms with Gasteiger partial charge in [-0.15, -0.1) is 0 Å². The molecule has 0 bridgehead atoms. The van der Waals surface area contributed by atoms with E-state index in [1.54, 1.807) is 18.2 Å². The molecule has 144 valence electrons. The van der Waals surface area contributed by atoms with Crippen molar-refractivity contribution < 1.29 is 24.2 Å². The lowest BCUT2D eigenvalue weighted by Crippen LogP contribution is -2.34. The summed E-state index contributed by atoms with van der Waals surface area (Å²) < 4.78 is 5.18. The maximum Gasteiger partial charge on any atom is 0.259 e. The van der Waals surface area contributed by atoms with Crippen molar-refractivity contribution in [1.29, 1.82) is 0 Å². The largest absolute Gasteiger partial charge is 0.545 e. The van der Waals surface area contributed by atoms with Crippen LogP contribution in [0.25, 0.3) is 6.08 Å². The number of hydrazone groups is 1. The van der Waals surface area contributed by atoms with E-state index in [0.29, 0.717) is 11.3 Å². The van der Waals surface area contributed by atoms with Gasteiger partial charge in [-0.25, -0.2) is 5.43 Å². The summed E-state index contributed by atoms with van der Waals surface area (Å²) in [6.45, 7) is -0.254. The zero-order chi connectivity index (χ0) is 20.4. The standard InChI is InChI=1S/C20H19N3O5/c1-28-17-5-3-2-4-15(17)10-11-18(24)21-13-19(25)23-22-12-14-6-8-16(9-7-14)20(26)27/h2-12H,13H2,1H3,(H,21,24)(H,23,25)(H,26,27)/p-1/b11-10+,22-12-. The van der Waals surface area contributed by atoms with Crippen LogP contribution in [0.4, 0.5) is 0 Å². The average molecular weight is 380 g/mol. The quantitative estimate of drug-likeness (QED) is 0.389. The molecule has 2 aromatic carbocycles. The molecule has 0 atom stereocenters. The van der Waals surface area contributed by atoms with E-state index in [1.165, 1.54) is 43.7 Å². The van der Waals surface area contributed by atoms with Crippen molar-refractivity contribution in [2.75, 3.05) is 13.7 Å². The van der Waals surface area contributed by atoms with Crippen LogP contribution in [0.1, 0.15) is 21.5 Å². The Morgan fingerprint density at radius 3 is 2.50 bits per heavy atom. The van der Waals surface area contributed by atoms with Gasteiger partial charge in [-0.05, 0) is 23.3 Å². The van der Waals surface area contributed by atoms with E-state index in [4.69, 9.17) is 4.74 Å². The first-order valence-corrected chi connectivity index (χ1v) is 8.22. The van der Waals surface area contributed by atoms with Crippen LogP contribution in [0.5, 0.6) is 5.75 Å². The van der Waals surface area contributed by atoms with Gasteiger partial charge in [0.15, 0.2) is 0 Å². The lowest BCUT2D eigenvalue weighted by atomic mass is 10.1. The summed E-state index contributed by atoms with van der Waals surface area (Å²) in [5.74, 6) is -1.59. The number of amides is 2. The maximum absolute atomic E-state index is 11.8. The van der Waals surface area contributed by atoms with E-state index in [0.717, 1.165) is 5.56 Å². The van der Waals surface area contributed by atoms with Crippen LogP contribution >= 0.6 is 0 Å². The number of nitrogens with one attached hydrogen (secondary N) is 2. The normalized spacial score (nSPS) is 10.8. The van der Waals surface area contributed by atoms with Gasteiger partial charge in [0, 0.05) is 11.6 Å². The second kappa shape index (κ2) is 10.3. The molecule has 2 aromatic rings. The first kappa shape index (κ1) is 20.4. The Hall–Kier alpha value is -3.94. The van der Waals surface area contributed by atoms with Crippen molar-refractivity contribution in [3.05, 3.63) is 71.3 Å². The molecule has 0 fully saturated rings. The third-order valence-electron chi connectivity index (χ3n) is 3.53. The zero-order valence-electron chi connectivity index (χ0n) is 15.0. The van der Waals surface area contributed by atoms with Crippen LogP contribution in [0.2, 0.25) is 0 Å². The molecule has 2 N–H and O–H groups in total. The van der Waals surface area contributed by atoms with Crippen molar-refractivity contribution >= 4 is 30.1 Å². The Kier molecular flexibility index (Phi) is 7.47. The van der Waals surface area contributed by atoms with Crippen molar-refractivity contribution in [3.8, 4) is 5.75 Å². The summed E-state index contributed by atoms with van der Waals surface area (Å²) in [6.07, 6.45) is 4.23. The highest BCUT2D eigenvalue weighted by Gasteiger charge is 2.03. The van der Waals surface area contributed by atoms with Crippen molar-refractivity contribution in [3.63, 3.8) is 0 Å². The van der Waals surface area contributed by atoms with E-state index in [-0.39, 0.29) is 12.1 Å². The number of rotatable bonds is 8. The zero-order valence-corrected chi connectivity index (χ0v) is 15.0. The number of nitrogens with zero attached hydrogens (tertiary/aromatic N) is 1. The van der Waals surface area contributed by atoms with Gasteiger partial charge in [0.25, 0.3) is 5.91 Å².